The highest BCUT2D eigenvalue weighted by Crippen LogP contribution is 2.23. The molecule has 4 heteroatoms. The van der Waals surface area contributed by atoms with Crippen molar-refractivity contribution >= 4 is 23.4 Å². The van der Waals surface area contributed by atoms with Crippen molar-refractivity contribution in [2.24, 2.45) is 0 Å². The molecule has 1 atom stereocenters. The first-order valence-corrected chi connectivity index (χ1v) is 10.9. The van der Waals surface area contributed by atoms with Crippen LogP contribution in [0.25, 0.3) is 0 Å². The van der Waals surface area contributed by atoms with Crippen LogP contribution in [0.15, 0.2) is 54.6 Å². The summed E-state index contributed by atoms with van der Waals surface area (Å²) in [6.45, 7) is 9.89. The molecule has 1 saturated heterocycles. The van der Waals surface area contributed by atoms with Crippen LogP contribution in [0.3, 0.4) is 0 Å². The number of rotatable bonds is 6. The minimum atomic E-state index is -0.00181. The van der Waals surface area contributed by atoms with Crippen LogP contribution in [0.4, 0.5) is 5.69 Å². The van der Waals surface area contributed by atoms with Gasteiger partial charge in [-0.1, -0.05) is 56.3 Å². The fraction of sp³-hybridized carbons (Fsp3) is 0.435. The SMILES string of the molecule is CC(SCc1ccc(C(C)C)cc1)C(=O)N1CCN(c2ccccc2)CC1. The monoisotopic (exact) mass is 382 g/mol. The predicted molar refractivity (Wildman–Crippen MR) is 117 cm³/mol. The topological polar surface area (TPSA) is 23.6 Å². The first-order chi connectivity index (χ1) is 13.0. The third-order valence-electron chi connectivity index (χ3n) is 5.21. The maximum Gasteiger partial charge on any atom is 0.235 e. The zero-order chi connectivity index (χ0) is 19.2. The van der Waals surface area contributed by atoms with Gasteiger partial charge in [-0.05, 0) is 36.1 Å². The average molecular weight is 383 g/mol. The maximum absolute atomic E-state index is 12.8. The number of thioether (sulfide) groups is 1. The van der Waals surface area contributed by atoms with Gasteiger partial charge in [-0.2, -0.15) is 0 Å². The van der Waals surface area contributed by atoms with Crippen LogP contribution in [0, 0.1) is 0 Å². The van der Waals surface area contributed by atoms with E-state index in [9.17, 15) is 4.79 Å². The van der Waals surface area contributed by atoms with E-state index in [-0.39, 0.29) is 11.2 Å². The van der Waals surface area contributed by atoms with Crippen molar-refractivity contribution in [1.29, 1.82) is 0 Å². The molecule has 0 N–H and O–H groups in total. The molecule has 0 saturated carbocycles. The van der Waals surface area contributed by atoms with E-state index in [1.54, 1.807) is 11.8 Å². The van der Waals surface area contributed by atoms with Crippen LogP contribution in [0.1, 0.15) is 37.8 Å². The van der Waals surface area contributed by atoms with Crippen molar-refractivity contribution < 1.29 is 4.79 Å². The number of hydrogen-bond donors (Lipinski definition) is 0. The van der Waals surface area contributed by atoms with Crippen LogP contribution in [-0.2, 0) is 10.5 Å². The van der Waals surface area contributed by atoms with Gasteiger partial charge in [0.25, 0.3) is 0 Å². The first kappa shape index (κ1) is 19.8. The lowest BCUT2D eigenvalue weighted by Crippen LogP contribution is -2.50. The lowest BCUT2D eigenvalue weighted by Gasteiger charge is -2.37. The van der Waals surface area contributed by atoms with E-state index in [2.05, 4.69) is 67.3 Å². The molecule has 3 nitrogen and oxygen atoms in total. The molecular weight excluding hydrogens is 352 g/mol. The summed E-state index contributed by atoms with van der Waals surface area (Å²) < 4.78 is 0. The summed E-state index contributed by atoms with van der Waals surface area (Å²) >= 11 is 1.74. The standard InChI is InChI=1S/C23H30N2OS/c1-18(2)21-11-9-20(10-12-21)17-27-19(3)23(26)25-15-13-24(14-16-25)22-7-5-4-6-8-22/h4-12,18-19H,13-17H2,1-3H3. The van der Waals surface area contributed by atoms with Crippen LogP contribution >= 0.6 is 11.8 Å². The molecule has 144 valence electrons. The number of carbonyl (C=O) groups is 1. The Bertz CT molecular complexity index is 722. The second-order valence-corrected chi connectivity index (χ2v) is 8.83. The normalized spacial score (nSPS) is 15.9. The summed E-state index contributed by atoms with van der Waals surface area (Å²) in [5, 5.41) is -0.00181. The number of piperazine rings is 1. The van der Waals surface area contributed by atoms with E-state index >= 15 is 0 Å². The van der Waals surface area contributed by atoms with Gasteiger partial charge >= 0.3 is 0 Å². The van der Waals surface area contributed by atoms with Crippen molar-refractivity contribution in [1.82, 2.24) is 4.90 Å². The number of anilines is 1. The molecule has 1 aliphatic rings. The van der Waals surface area contributed by atoms with Gasteiger partial charge in [-0.15, -0.1) is 11.8 Å². The first-order valence-electron chi connectivity index (χ1n) is 9.84. The summed E-state index contributed by atoms with van der Waals surface area (Å²) in [6, 6.07) is 19.3. The van der Waals surface area contributed by atoms with Crippen molar-refractivity contribution in [2.45, 2.75) is 37.7 Å². The van der Waals surface area contributed by atoms with Crippen LogP contribution in [0.5, 0.6) is 0 Å². The van der Waals surface area contributed by atoms with E-state index < -0.39 is 0 Å². The van der Waals surface area contributed by atoms with Gasteiger partial charge in [0.2, 0.25) is 5.91 Å². The lowest BCUT2D eigenvalue weighted by atomic mass is 10.0. The molecule has 2 aromatic rings. The smallest absolute Gasteiger partial charge is 0.235 e. The average Bonchev–Trinajstić information content (AvgIpc) is 2.72. The third-order valence-corrected chi connectivity index (χ3v) is 6.41. The van der Waals surface area contributed by atoms with E-state index in [4.69, 9.17) is 0 Å². The van der Waals surface area contributed by atoms with Crippen molar-refractivity contribution in [2.75, 3.05) is 31.1 Å². The molecule has 1 unspecified atom stereocenters. The number of benzene rings is 2. The summed E-state index contributed by atoms with van der Waals surface area (Å²) in [7, 11) is 0. The molecular formula is C23H30N2OS. The zero-order valence-corrected chi connectivity index (χ0v) is 17.4. The van der Waals surface area contributed by atoms with Gasteiger partial charge in [-0.25, -0.2) is 0 Å². The fourth-order valence-corrected chi connectivity index (χ4v) is 4.30. The molecule has 1 heterocycles. The highest BCUT2D eigenvalue weighted by Gasteiger charge is 2.25. The summed E-state index contributed by atoms with van der Waals surface area (Å²) in [5.41, 5.74) is 3.90. The largest absolute Gasteiger partial charge is 0.368 e. The second-order valence-electron chi connectivity index (χ2n) is 7.50. The number of amides is 1. The van der Waals surface area contributed by atoms with Gasteiger partial charge in [-0.3, -0.25) is 4.79 Å². The highest BCUT2D eigenvalue weighted by atomic mass is 32.2. The molecule has 0 bridgehead atoms. The Hall–Kier alpha value is -1.94. The fourth-order valence-electron chi connectivity index (χ4n) is 3.37. The summed E-state index contributed by atoms with van der Waals surface area (Å²) in [6.07, 6.45) is 0. The summed E-state index contributed by atoms with van der Waals surface area (Å²) in [4.78, 5) is 17.2. The quantitative estimate of drug-likeness (QED) is 0.718. The van der Waals surface area contributed by atoms with Crippen LogP contribution in [0.2, 0.25) is 0 Å². The van der Waals surface area contributed by atoms with E-state index in [0.29, 0.717) is 5.92 Å². The van der Waals surface area contributed by atoms with E-state index in [1.165, 1.54) is 16.8 Å². The Labute approximate surface area is 167 Å². The molecule has 27 heavy (non-hydrogen) atoms. The molecule has 0 aromatic heterocycles. The number of hydrogen-bond acceptors (Lipinski definition) is 3. The molecule has 1 aliphatic heterocycles. The third kappa shape index (κ3) is 5.29. The Kier molecular flexibility index (Phi) is 6.84. The maximum atomic E-state index is 12.8. The van der Waals surface area contributed by atoms with Gasteiger partial charge in [0.1, 0.15) is 0 Å². The lowest BCUT2D eigenvalue weighted by molar-refractivity contribution is -0.130. The Balaban J connectivity index is 1.46. The van der Waals surface area contributed by atoms with Crippen molar-refractivity contribution in [3.05, 3.63) is 65.7 Å². The Morgan fingerprint density at radius 1 is 0.926 bits per heavy atom. The minimum Gasteiger partial charge on any atom is -0.368 e. The van der Waals surface area contributed by atoms with Gasteiger partial charge in [0, 0.05) is 37.6 Å². The van der Waals surface area contributed by atoms with Crippen LogP contribution < -0.4 is 4.90 Å². The molecule has 3 rings (SSSR count). The second kappa shape index (κ2) is 9.32. The van der Waals surface area contributed by atoms with Gasteiger partial charge in [0.05, 0.1) is 5.25 Å². The Morgan fingerprint density at radius 2 is 1.56 bits per heavy atom. The summed E-state index contributed by atoms with van der Waals surface area (Å²) in [5.74, 6) is 1.71. The molecule has 2 aromatic carbocycles. The predicted octanol–water partition coefficient (Wildman–Crippen LogP) is 4.78. The van der Waals surface area contributed by atoms with Gasteiger partial charge < -0.3 is 9.80 Å². The number of para-hydroxylation sites is 1. The molecule has 0 aliphatic carbocycles. The zero-order valence-electron chi connectivity index (χ0n) is 16.6. The highest BCUT2D eigenvalue weighted by molar-refractivity contribution is 7.99. The molecule has 0 radical (unpaired) electrons. The molecule has 1 fully saturated rings. The van der Waals surface area contributed by atoms with Crippen LogP contribution in [-0.4, -0.2) is 42.2 Å². The van der Waals surface area contributed by atoms with E-state index in [1.807, 2.05) is 17.9 Å². The van der Waals surface area contributed by atoms with Gasteiger partial charge in [0.15, 0.2) is 0 Å². The van der Waals surface area contributed by atoms with Crippen molar-refractivity contribution in [3.8, 4) is 0 Å². The number of nitrogens with zero attached hydrogens (tertiary/aromatic N) is 2. The van der Waals surface area contributed by atoms with E-state index in [0.717, 1.165) is 31.9 Å². The van der Waals surface area contributed by atoms with Crippen molar-refractivity contribution in [3.63, 3.8) is 0 Å². The minimum absolute atomic E-state index is 0.00181. The Morgan fingerprint density at radius 3 is 2.15 bits per heavy atom. The molecule has 1 amide bonds. The molecule has 0 spiro atoms. The number of carbonyl (C=O) groups excluding carboxylic acids is 1.